The van der Waals surface area contributed by atoms with Crippen molar-refractivity contribution in [3.63, 3.8) is 0 Å². The van der Waals surface area contributed by atoms with Crippen LogP contribution in [0, 0.1) is 0 Å². The average Bonchev–Trinajstić information content (AvgIpc) is 3.27. The minimum Gasteiger partial charge on any atom is -0.310 e. The highest BCUT2D eigenvalue weighted by Gasteiger charge is 2.36. The van der Waals surface area contributed by atoms with Gasteiger partial charge in [0.1, 0.15) is 0 Å². The molecule has 2 heterocycles. The number of nitrogens with zero attached hydrogens (tertiary/aromatic N) is 1. The Labute approximate surface area is 252 Å². The monoisotopic (exact) mass is 575 g/mol. The van der Waals surface area contributed by atoms with Gasteiger partial charge in [-0.3, -0.25) is 0 Å². The number of fused-ring (bicyclic) bond motifs is 5. The molecule has 6 aromatic rings. The largest absolute Gasteiger partial charge is 0.310 e. The Kier molecular flexibility index (Phi) is 5.56. The molecule has 0 spiro atoms. The first-order valence-electron chi connectivity index (χ1n) is 14.5. The Balaban J connectivity index is 1.21. The highest BCUT2D eigenvalue weighted by Crippen LogP contribution is 2.52. The number of para-hydroxylation sites is 2. The summed E-state index contributed by atoms with van der Waals surface area (Å²) in [6.45, 7) is 4.58. The van der Waals surface area contributed by atoms with Crippen LogP contribution < -0.4 is 4.90 Å². The van der Waals surface area contributed by atoms with Crippen molar-refractivity contribution in [3.05, 3.63) is 151 Å². The van der Waals surface area contributed by atoms with Crippen LogP contribution in [0.25, 0.3) is 33.4 Å². The van der Waals surface area contributed by atoms with Crippen LogP contribution in [0.5, 0.6) is 0 Å². The van der Waals surface area contributed by atoms with Gasteiger partial charge in [-0.25, -0.2) is 8.42 Å². The summed E-state index contributed by atoms with van der Waals surface area (Å²) in [6.07, 6.45) is 0. The van der Waals surface area contributed by atoms with E-state index in [1.54, 1.807) is 12.1 Å². The molecule has 0 saturated heterocycles. The van der Waals surface area contributed by atoms with E-state index in [2.05, 4.69) is 91.5 Å². The van der Waals surface area contributed by atoms with E-state index in [4.69, 9.17) is 0 Å². The van der Waals surface area contributed by atoms with Gasteiger partial charge in [-0.1, -0.05) is 105 Å². The normalized spacial score (nSPS) is 15.3. The quantitative estimate of drug-likeness (QED) is 0.210. The number of anilines is 3. The van der Waals surface area contributed by atoms with Gasteiger partial charge >= 0.3 is 0 Å². The number of rotatable bonds is 3. The SMILES string of the molecule is CC1(C)c2ccccc2N(c2ccc(-c3ccc4c(c3)-c3cc(-c5ccccc5)ccc3S4(=O)=O)cc2)c2ccccc21. The smallest absolute Gasteiger partial charge is 0.207 e. The first kappa shape index (κ1) is 25.8. The Morgan fingerprint density at radius 2 is 0.930 bits per heavy atom. The summed E-state index contributed by atoms with van der Waals surface area (Å²) in [5, 5.41) is 0. The van der Waals surface area contributed by atoms with E-state index < -0.39 is 9.84 Å². The van der Waals surface area contributed by atoms with Gasteiger partial charge in [-0.15, -0.1) is 0 Å². The van der Waals surface area contributed by atoms with Crippen LogP contribution in [0.15, 0.2) is 149 Å². The minimum absolute atomic E-state index is 0.106. The summed E-state index contributed by atoms with van der Waals surface area (Å²) in [5.74, 6) is 0. The topological polar surface area (TPSA) is 37.4 Å². The molecule has 0 amide bonds. The van der Waals surface area contributed by atoms with Crippen LogP contribution in [0.2, 0.25) is 0 Å². The molecule has 3 nitrogen and oxygen atoms in total. The van der Waals surface area contributed by atoms with Crippen molar-refractivity contribution in [2.24, 2.45) is 0 Å². The van der Waals surface area contributed by atoms with Crippen molar-refractivity contribution in [1.29, 1.82) is 0 Å². The summed E-state index contributed by atoms with van der Waals surface area (Å²) >= 11 is 0. The van der Waals surface area contributed by atoms with E-state index in [0.717, 1.165) is 39.1 Å². The van der Waals surface area contributed by atoms with Crippen molar-refractivity contribution in [2.45, 2.75) is 29.1 Å². The van der Waals surface area contributed by atoms with E-state index in [-0.39, 0.29) is 5.41 Å². The number of sulfone groups is 1. The lowest BCUT2D eigenvalue weighted by Crippen LogP contribution is -2.30. The molecule has 4 heteroatoms. The molecule has 0 saturated carbocycles. The molecule has 2 aliphatic heterocycles. The zero-order valence-electron chi connectivity index (χ0n) is 24.0. The fourth-order valence-corrected chi connectivity index (χ4v) is 8.46. The first-order valence-corrected chi connectivity index (χ1v) is 16.0. The van der Waals surface area contributed by atoms with Gasteiger partial charge in [-0.05, 0) is 81.9 Å². The molecular formula is C39H29NO2S. The van der Waals surface area contributed by atoms with Crippen molar-refractivity contribution >= 4 is 26.9 Å². The molecule has 8 rings (SSSR count). The second-order valence-corrected chi connectivity index (χ2v) is 13.7. The summed E-state index contributed by atoms with van der Waals surface area (Å²) in [4.78, 5) is 3.09. The lowest BCUT2D eigenvalue weighted by molar-refractivity contribution is 0.598. The maximum atomic E-state index is 13.4. The standard InChI is InChI=1S/C39H29NO2S/c1-39(2)33-12-6-8-14-35(33)40(36-15-9-7-13-34(36)39)30-20-16-27(17-21-30)29-19-23-38-32(25-29)31-24-28(26-10-4-3-5-11-26)18-22-37(31)43(38,41)42/h3-25H,1-2H3. The van der Waals surface area contributed by atoms with Crippen LogP contribution in [0.4, 0.5) is 17.1 Å². The van der Waals surface area contributed by atoms with Crippen molar-refractivity contribution in [1.82, 2.24) is 0 Å². The van der Waals surface area contributed by atoms with E-state index in [1.807, 2.05) is 54.6 Å². The van der Waals surface area contributed by atoms with Gasteiger partial charge in [0, 0.05) is 22.2 Å². The van der Waals surface area contributed by atoms with Crippen molar-refractivity contribution in [3.8, 4) is 33.4 Å². The van der Waals surface area contributed by atoms with Crippen LogP contribution >= 0.6 is 0 Å². The van der Waals surface area contributed by atoms with Crippen LogP contribution in [0.3, 0.4) is 0 Å². The second kappa shape index (κ2) is 9.29. The van der Waals surface area contributed by atoms with E-state index in [9.17, 15) is 8.42 Å². The van der Waals surface area contributed by atoms with Gasteiger partial charge in [0.05, 0.1) is 21.2 Å². The fraction of sp³-hybridized carbons (Fsp3) is 0.0769. The van der Waals surface area contributed by atoms with Crippen molar-refractivity contribution in [2.75, 3.05) is 4.90 Å². The summed E-state index contributed by atoms with van der Waals surface area (Å²) < 4.78 is 26.9. The molecule has 43 heavy (non-hydrogen) atoms. The maximum absolute atomic E-state index is 13.4. The van der Waals surface area contributed by atoms with E-state index in [0.29, 0.717) is 9.79 Å². The van der Waals surface area contributed by atoms with Crippen LogP contribution in [-0.4, -0.2) is 8.42 Å². The van der Waals surface area contributed by atoms with Gasteiger partial charge in [0.2, 0.25) is 9.84 Å². The number of hydrogen-bond donors (Lipinski definition) is 0. The molecule has 0 fully saturated rings. The lowest BCUT2D eigenvalue weighted by Gasteiger charge is -2.42. The third-order valence-corrected chi connectivity index (χ3v) is 10.9. The fourth-order valence-electron chi connectivity index (χ4n) is 6.81. The van der Waals surface area contributed by atoms with Crippen LogP contribution in [-0.2, 0) is 15.3 Å². The second-order valence-electron chi connectivity index (χ2n) is 11.8. The molecule has 0 bridgehead atoms. The van der Waals surface area contributed by atoms with Crippen molar-refractivity contribution < 1.29 is 8.42 Å². The molecule has 0 aliphatic carbocycles. The predicted octanol–water partition coefficient (Wildman–Crippen LogP) is 9.94. The summed E-state index contributed by atoms with van der Waals surface area (Å²) in [7, 11) is -3.56. The third kappa shape index (κ3) is 3.83. The molecule has 0 N–H and O–H groups in total. The van der Waals surface area contributed by atoms with Gasteiger partial charge in [-0.2, -0.15) is 0 Å². The van der Waals surface area contributed by atoms with Crippen LogP contribution in [0.1, 0.15) is 25.0 Å². The van der Waals surface area contributed by atoms with E-state index in [1.165, 1.54) is 22.5 Å². The van der Waals surface area contributed by atoms with E-state index >= 15 is 0 Å². The molecule has 0 radical (unpaired) electrons. The Morgan fingerprint density at radius 3 is 1.47 bits per heavy atom. The summed E-state index contributed by atoms with van der Waals surface area (Å²) in [5.41, 5.74) is 11.6. The Bertz CT molecular complexity index is 2110. The zero-order valence-corrected chi connectivity index (χ0v) is 24.8. The molecule has 0 aromatic heterocycles. The lowest BCUT2D eigenvalue weighted by atomic mass is 9.73. The highest BCUT2D eigenvalue weighted by atomic mass is 32.2. The van der Waals surface area contributed by atoms with Gasteiger partial charge < -0.3 is 4.90 Å². The zero-order chi connectivity index (χ0) is 29.3. The number of hydrogen-bond acceptors (Lipinski definition) is 3. The molecule has 0 unspecified atom stereocenters. The maximum Gasteiger partial charge on any atom is 0.207 e. The first-order chi connectivity index (χ1) is 20.8. The van der Waals surface area contributed by atoms with Gasteiger partial charge in [0.15, 0.2) is 0 Å². The predicted molar refractivity (Wildman–Crippen MR) is 175 cm³/mol. The summed E-state index contributed by atoms with van der Waals surface area (Å²) in [6, 6.07) is 47.3. The third-order valence-electron chi connectivity index (χ3n) is 9.03. The molecule has 6 aromatic carbocycles. The number of benzene rings is 6. The highest BCUT2D eigenvalue weighted by molar-refractivity contribution is 7.92. The molecule has 208 valence electrons. The molecule has 2 aliphatic rings. The Hall–Kier alpha value is -4.93. The van der Waals surface area contributed by atoms with Gasteiger partial charge in [0.25, 0.3) is 0 Å². The average molecular weight is 576 g/mol. The minimum atomic E-state index is -3.56. The molecule has 0 atom stereocenters. The Morgan fingerprint density at radius 1 is 0.488 bits per heavy atom. The molecular weight excluding hydrogens is 547 g/mol.